The summed E-state index contributed by atoms with van der Waals surface area (Å²) in [6, 6.07) is 12.5. The van der Waals surface area contributed by atoms with Crippen molar-refractivity contribution in [2.45, 2.75) is 25.4 Å². The molecule has 2 aromatic heterocycles. The monoisotopic (exact) mass is 365 g/mol. The van der Waals surface area contributed by atoms with Gasteiger partial charge in [-0.3, -0.25) is 9.88 Å². The zero-order valence-electron chi connectivity index (χ0n) is 15.3. The lowest BCUT2D eigenvalue weighted by Crippen LogP contribution is -2.38. The number of benzene rings is 1. The minimum absolute atomic E-state index is 0.445. The summed E-state index contributed by atoms with van der Waals surface area (Å²) in [6.45, 7) is 3.04. The maximum Gasteiger partial charge on any atom is 0.144 e. The molecule has 3 aromatic rings. The quantitative estimate of drug-likeness (QED) is 0.717. The van der Waals surface area contributed by atoms with Crippen molar-refractivity contribution in [3.05, 3.63) is 54.6 Å². The van der Waals surface area contributed by atoms with Crippen molar-refractivity contribution >= 4 is 5.69 Å². The second kappa shape index (κ2) is 8.13. The maximum absolute atomic E-state index is 5.43. The van der Waals surface area contributed by atoms with Crippen molar-refractivity contribution in [3.8, 4) is 11.4 Å². The molecule has 1 aliphatic heterocycles. The molecule has 1 aromatic carbocycles. The van der Waals surface area contributed by atoms with Crippen molar-refractivity contribution in [1.82, 2.24) is 30.1 Å². The Bertz CT molecular complexity index is 846. The summed E-state index contributed by atoms with van der Waals surface area (Å²) in [7, 11) is 1.65. The largest absolute Gasteiger partial charge is 0.494 e. The standard InChI is InChI=1S/C19H23N7O/c1-27-19-6-5-16(12-18(19)26-14-21-23-24-26)22-15-7-10-25(11-8-15)13-17-4-2-3-9-20-17/h2-6,9,12,14-15,22H,7-8,10-11,13H2,1H3. The summed E-state index contributed by atoms with van der Waals surface area (Å²) in [5.41, 5.74) is 3.00. The van der Waals surface area contributed by atoms with E-state index in [9.17, 15) is 0 Å². The van der Waals surface area contributed by atoms with Gasteiger partial charge in [-0.1, -0.05) is 6.07 Å². The van der Waals surface area contributed by atoms with E-state index in [1.807, 2.05) is 36.5 Å². The van der Waals surface area contributed by atoms with Gasteiger partial charge in [-0.2, -0.15) is 4.68 Å². The Hall–Kier alpha value is -3.00. The number of anilines is 1. The Morgan fingerprint density at radius 3 is 2.78 bits per heavy atom. The Balaban J connectivity index is 1.37. The number of rotatable bonds is 6. The highest BCUT2D eigenvalue weighted by molar-refractivity contribution is 5.58. The highest BCUT2D eigenvalue weighted by Gasteiger charge is 2.20. The SMILES string of the molecule is COc1ccc(NC2CCN(Cc3ccccn3)CC2)cc1-n1cnnn1. The lowest BCUT2D eigenvalue weighted by atomic mass is 10.0. The zero-order chi connectivity index (χ0) is 18.5. The van der Waals surface area contributed by atoms with E-state index in [2.05, 4.69) is 36.8 Å². The number of ether oxygens (including phenoxy) is 1. The number of hydrogen-bond acceptors (Lipinski definition) is 7. The van der Waals surface area contributed by atoms with E-state index in [1.165, 1.54) is 0 Å². The Kier molecular flexibility index (Phi) is 5.24. The van der Waals surface area contributed by atoms with Crippen LogP contribution in [-0.2, 0) is 6.54 Å². The molecule has 0 aliphatic carbocycles. The van der Waals surface area contributed by atoms with Crippen LogP contribution in [-0.4, -0.2) is 56.3 Å². The maximum atomic E-state index is 5.43. The first-order chi connectivity index (χ1) is 13.3. The Morgan fingerprint density at radius 2 is 2.07 bits per heavy atom. The number of nitrogens with one attached hydrogen (secondary N) is 1. The van der Waals surface area contributed by atoms with Gasteiger partial charge in [0.25, 0.3) is 0 Å². The van der Waals surface area contributed by atoms with Gasteiger partial charge >= 0.3 is 0 Å². The number of pyridine rings is 1. The van der Waals surface area contributed by atoms with E-state index in [1.54, 1.807) is 18.1 Å². The van der Waals surface area contributed by atoms with Crippen LogP contribution in [0, 0.1) is 0 Å². The lowest BCUT2D eigenvalue weighted by Gasteiger charge is -2.32. The van der Waals surface area contributed by atoms with E-state index >= 15 is 0 Å². The number of hydrogen-bond donors (Lipinski definition) is 1. The first-order valence-electron chi connectivity index (χ1n) is 9.12. The second-order valence-electron chi connectivity index (χ2n) is 6.66. The molecule has 0 saturated carbocycles. The molecule has 140 valence electrons. The number of tetrazole rings is 1. The molecule has 0 unspecified atom stereocenters. The summed E-state index contributed by atoms with van der Waals surface area (Å²) in [5, 5.41) is 15.0. The van der Waals surface area contributed by atoms with Crippen LogP contribution in [0.4, 0.5) is 5.69 Å². The van der Waals surface area contributed by atoms with E-state index in [0.29, 0.717) is 6.04 Å². The minimum atomic E-state index is 0.445. The molecule has 1 fully saturated rings. The molecule has 1 saturated heterocycles. The summed E-state index contributed by atoms with van der Waals surface area (Å²) in [6.07, 6.45) is 5.62. The summed E-state index contributed by atoms with van der Waals surface area (Å²) in [4.78, 5) is 6.88. The van der Waals surface area contributed by atoms with E-state index in [4.69, 9.17) is 4.74 Å². The number of piperidine rings is 1. The van der Waals surface area contributed by atoms with Crippen LogP contribution in [0.5, 0.6) is 5.75 Å². The second-order valence-corrected chi connectivity index (χ2v) is 6.66. The Labute approximate surface area is 158 Å². The van der Waals surface area contributed by atoms with Gasteiger partial charge in [0.2, 0.25) is 0 Å². The first-order valence-corrected chi connectivity index (χ1v) is 9.12. The normalized spacial score (nSPS) is 15.6. The molecule has 1 aliphatic rings. The molecule has 0 bridgehead atoms. The van der Waals surface area contributed by atoms with Crippen molar-refractivity contribution in [3.63, 3.8) is 0 Å². The molecule has 1 N–H and O–H groups in total. The van der Waals surface area contributed by atoms with Crippen molar-refractivity contribution in [1.29, 1.82) is 0 Å². The number of likely N-dealkylation sites (tertiary alicyclic amines) is 1. The van der Waals surface area contributed by atoms with Gasteiger partial charge in [0.15, 0.2) is 0 Å². The third kappa shape index (κ3) is 4.22. The molecular formula is C19H23N7O. The predicted octanol–water partition coefficient (Wildman–Crippen LogP) is 2.14. The number of nitrogens with zero attached hydrogens (tertiary/aromatic N) is 6. The highest BCUT2D eigenvalue weighted by atomic mass is 16.5. The fraction of sp³-hybridized carbons (Fsp3) is 0.368. The van der Waals surface area contributed by atoms with Gasteiger partial charge in [0, 0.05) is 37.6 Å². The van der Waals surface area contributed by atoms with Crippen LogP contribution >= 0.6 is 0 Å². The fourth-order valence-electron chi connectivity index (χ4n) is 3.42. The summed E-state index contributed by atoms with van der Waals surface area (Å²) < 4.78 is 7.04. The molecule has 0 atom stereocenters. The number of methoxy groups -OCH3 is 1. The molecule has 8 heteroatoms. The molecule has 3 heterocycles. The van der Waals surface area contributed by atoms with Crippen LogP contribution in [0.15, 0.2) is 48.9 Å². The van der Waals surface area contributed by atoms with Gasteiger partial charge in [-0.25, -0.2) is 0 Å². The minimum Gasteiger partial charge on any atom is -0.494 e. The zero-order valence-corrected chi connectivity index (χ0v) is 15.3. The molecule has 0 amide bonds. The van der Waals surface area contributed by atoms with Crippen LogP contribution in [0.3, 0.4) is 0 Å². The predicted molar refractivity (Wildman–Crippen MR) is 102 cm³/mol. The van der Waals surface area contributed by atoms with Gasteiger partial charge in [0.05, 0.1) is 12.8 Å². The van der Waals surface area contributed by atoms with Gasteiger partial charge in [-0.15, -0.1) is 5.10 Å². The first kappa shape index (κ1) is 17.4. The van der Waals surface area contributed by atoms with Crippen LogP contribution in [0.1, 0.15) is 18.5 Å². The van der Waals surface area contributed by atoms with Crippen LogP contribution < -0.4 is 10.1 Å². The van der Waals surface area contributed by atoms with Crippen molar-refractivity contribution in [2.75, 3.05) is 25.5 Å². The van der Waals surface area contributed by atoms with Crippen LogP contribution in [0.25, 0.3) is 5.69 Å². The van der Waals surface area contributed by atoms with E-state index < -0.39 is 0 Å². The Morgan fingerprint density at radius 1 is 1.19 bits per heavy atom. The molecule has 8 nitrogen and oxygen atoms in total. The topological polar surface area (TPSA) is 81.0 Å². The smallest absolute Gasteiger partial charge is 0.144 e. The van der Waals surface area contributed by atoms with Gasteiger partial charge in [0.1, 0.15) is 17.8 Å². The summed E-state index contributed by atoms with van der Waals surface area (Å²) in [5.74, 6) is 0.734. The summed E-state index contributed by atoms with van der Waals surface area (Å²) >= 11 is 0. The fourth-order valence-corrected chi connectivity index (χ4v) is 3.42. The van der Waals surface area contributed by atoms with E-state index in [-0.39, 0.29) is 0 Å². The third-order valence-corrected chi connectivity index (χ3v) is 4.84. The molecule has 0 radical (unpaired) electrons. The highest BCUT2D eigenvalue weighted by Crippen LogP contribution is 2.27. The van der Waals surface area contributed by atoms with E-state index in [0.717, 1.165) is 55.3 Å². The average molecular weight is 365 g/mol. The van der Waals surface area contributed by atoms with Gasteiger partial charge in [-0.05, 0) is 53.6 Å². The average Bonchev–Trinajstić information content (AvgIpc) is 3.25. The molecule has 27 heavy (non-hydrogen) atoms. The third-order valence-electron chi connectivity index (χ3n) is 4.84. The van der Waals surface area contributed by atoms with Crippen molar-refractivity contribution < 1.29 is 4.74 Å². The number of aromatic nitrogens is 5. The lowest BCUT2D eigenvalue weighted by molar-refractivity contribution is 0.209. The van der Waals surface area contributed by atoms with Gasteiger partial charge < -0.3 is 10.1 Å². The molecule has 4 rings (SSSR count). The van der Waals surface area contributed by atoms with Crippen molar-refractivity contribution in [2.24, 2.45) is 0 Å². The molecule has 0 spiro atoms. The molecular weight excluding hydrogens is 342 g/mol. The van der Waals surface area contributed by atoms with Crippen LogP contribution in [0.2, 0.25) is 0 Å².